The zero-order valence-corrected chi connectivity index (χ0v) is 12.7. The molecule has 1 saturated carbocycles. The minimum atomic E-state index is 0.0275. The Morgan fingerprint density at radius 2 is 2.10 bits per heavy atom. The molecule has 20 heavy (non-hydrogen) atoms. The number of benzene rings is 1. The lowest BCUT2D eigenvalue weighted by atomic mass is 9.83. The van der Waals surface area contributed by atoms with Crippen LogP contribution in [0.4, 0.5) is 0 Å². The van der Waals surface area contributed by atoms with Gasteiger partial charge in [-0.2, -0.15) is 5.10 Å². The third-order valence-corrected chi connectivity index (χ3v) is 3.95. The molecule has 0 bridgehead atoms. The highest BCUT2D eigenvalue weighted by Gasteiger charge is 2.18. The third kappa shape index (κ3) is 3.84. The maximum absolute atomic E-state index is 9.97. The number of rotatable bonds is 3. The van der Waals surface area contributed by atoms with E-state index in [2.05, 4.69) is 22.7 Å². The van der Waals surface area contributed by atoms with Crippen molar-refractivity contribution >= 4 is 35.1 Å². The van der Waals surface area contributed by atoms with E-state index in [-0.39, 0.29) is 10.9 Å². The molecule has 4 nitrogen and oxygen atoms in total. The van der Waals surface area contributed by atoms with Gasteiger partial charge in [-0.1, -0.05) is 30.9 Å². The highest BCUT2D eigenvalue weighted by atomic mass is 35.5. The molecular weight excluding hydrogens is 294 g/mol. The molecule has 1 aliphatic rings. The van der Waals surface area contributed by atoms with E-state index in [1.807, 2.05) is 12.1 Å². The van der Waals surface area contributed by atoms with Crippen LogP contribution in [0.1, 0.15) is 49.1 Å². The molecule has 1 aliphatic carbocycles. The van der Waals surface area contributed by atoms with Gasteiger partial charge >= 0.3 is 0 Å². The Kier molecular flexibility index (Phi) is 5.20. The van der Waals surface area contributed by atoms with Gasteiger partial charge in [0.05, 0.1) is 11.2 Å². The van der Waals surface area contributed by atoms with Crippen molar-refractivity contribution in [2.75, 3.05) is 0 Å². The number of hydrazone groups is 1. The monoisotopic (exact) mass is 311 g/mol. The number of nitrogens with two attached hydrogens (primary N) is 1. The van der Waals surface area contributed by atoms with E-state index in [1.165, 1.54) is 38.3 Å². The van der Waals surface area contributed by atoms with Crippen LogP contribution in [0.25, 0.3) is 0 Å². The summed E-state index contributed by atoms with van der Waals surface area (Å²) in [5.41, 5.74) is 9.48. The highest BCUT2D eigenvalue weighted by molar-refractivity contribution is 7.80. The van der Waals surface area contributed by atoms with E-state index in [9.17, 15) is 5.11 Å². The number of aromatic hydroxyl groups is 1. The molecule has 0 radical (unpaired) electrons. The molecule has 2 rings (SSSR count). The maximum Gasteiger partial charge on any atom is 0.184 e. The van der Waals surface area contributed by atoms with E-state index >= 15 is 0 Å². The summed E-state index contributed by atoms with van der Waals surface area (Å²) in [6.45, 7) is 0. The molecule has 1 aromatic rings. The van der Waals surface area contributed by atoms with Gasteiger partial charge in [0.2, 0.25) is 0 Å². The largest absolute Gasteiger partial charge is 0.506 e. The highest BCUT2D eigenvalue weighted by Crippen LogP contribution is 2.37. The van der Waals surface area contributed by atoms with Crippen LogP contribution in [0.2, 0.25) is 5.02 Å². The van der Waals surface area contributed by atoms with Crippen molar-refractivity contribution in [3.05, 3.63) is 28.3 Å². The molecule has 4 N–H and O–H groups in total. The van der Waals surface area contributed by atoms with E-state index in [0.717, 1.165) is 5.56 Å². The van der Waals surface area contributed by atoms with Gasteiger partial charge in [-0.3, -0.25) is 5.43 Å². The van der Waals surface area contributed by atoms with E-state index in [0.29, 0.717) is 16.5 Å². The zero-order valence-electron chi connectivity index (χ0n) is 11.1. The summed E-state index contributed by atoms with van der Waals surface area (Å²) in [6, 6.07) is 3.78. The summed E-state index contributed by atoms with van der Waals surface area (Å²) >= 11 is 10.8. The number of halogens is 1. The van der Waals surface area contributed by atoms with Crippen molar-refractivity contribution < 1.29 is 5.11 Å². The van der Waals surface area contributed by atoms with E-state index < -0.39 is 0 Å². The first-order chi connectivity index (χ1) is 9.58. The Morgan fingerprint density at radius 1 is 1.40 bits per heavy atom. The van der Waals surface area contributed by atoms with Gasteiger partial charge < -0.3 is 10.8 Å². The van der Waals surface area contributed by atoms with Crippen molar-refractivity contribution in [1.82, 2.24) is 5.43 Å². The van der Waals surface area contributed by atoms with Crippen molar-refractivity contribution in [2.45, 2.75) is 38.0 Å². The van der Waals surface area contributed by atoms with Crippen LogP contribution in [0, 0.1) is 0 Å². The first-order valence-corrected chi connectivity index (χ1v) is 7.47. The van der Waals surface area contributed by atoms with Crippen LogP contribution in [-0.4, -0.2) is 16.4 Å². The number of phenols is 1. The van der Waals surface area contributed by atoms with E-state index in [1.54, 1.807) is 0 Å². The first-order valence-electron chi connectivity index (χ1n) is 6.69. The van der Waals surface area contributed by atoms with Crippen LogP contribution in [0.5, 0.6) is 5.75 Å². The van der Waals surface area contributed by atoms with Crippen molar-refractivity contribution in [3.63, 3.8) is 0 Å². The van der Waals surface area contributed by atoms with Gasteiger partial charge in [-0.15, -0.1) is 0 Å². The lowest BCUT2D eigenvalue weighted by Gasteiger charge is -2.22. The van der Waals surface area contributed by atoms with Crippen LogP contribution >= 0.6 is 23.8 Å². The molecule has 0 saturated heterocycles. The quantitative estimate of drug-likeness (QED) is 0.455. The zero-order chi connectivity index (χ0) is 14.5. The smallest absolute Gasteiger partial charge is 0.184 e. The Hall–Kier alpha value is -1.33. The number of nitrogens with zero attached hydrogens (tertiary/aromatic N) is 1. The summed E-state index contributed by atoms with van der Waals surface area (Å²) in [7, 11) is 0. The minimum absolute atomic E-state index is 0.0275. The normalized spacial score (nSPS) is 16.4. The SMILES string of the molecule is NC(=S)N/N=C\c1cc(C2CCCCC2)cc(Cl)c1O. The second-order valence-corrected chi connectivity index (χ2v) is 5.86. The lowest BCUT2D eigenvalue weighted by molar-refractivity contribution is 0.441. The average Bonchev–Trinajstić information content (AvgIpc) is 2.44. The number of hydrogen-bond donors (Lipinski definition) is 3. The molecule has 6 heteroatoms. The molecular formula is C14H18ClN3OS. The number of nitrogens with one attached hydrogen (secondary N) is 1. The fourth-order valence-electron chi connectivity index (χ4n) is 2.58. The second-order valence-electron chi connectivity index (χ2n) is 5.01. The average molecular weight is 312 g/mol. The summed E-state index contributed by atoms with van der Waals surface area (Å²) in [4.78, 5) is 0. The van der Waals surface area contributed by atoms with Crippen LogP contribution in [0.3, 0.4) is 0 Å². The lowest BCUT2D eigenvalue weighted by Crippen LogP contribution is -2.24. The predicted octanol–water partition coefficient (Wildman–Crippen LogP) is 3.26. The molecule has 0 aliphatic heterocycles. The number of hydrogen-bond acceptors (Lipinski definition) is 3. The molecule has 0 amide bonds. The summed E-state index contributed by atoms with van der Waals surface area (Å²) < 4.78 is 0. The van der Waals surface area contributed by atoms with E-state index in [4.69, 9.17) is 17.3 Å². The minimum Gasteiger partial charge on any atom is -0.506 e. The van der Waals surface area contributed by atoms with Gasteiger partial charge in [-0.05, 0) is 48.7 Å². The molecule has 1 fully saturated rings. The van der Waals surface area contributed by atoms with Gasteiger partial charge in [-0.25, -0.2) is 0 Å². The van der Waals surface area contributed by atoms with Gasteiger partial charge in [0.25, 0.3) is 0 Å². The van der Waals surface area contributed by atoms with Gasteiger partial charge in [0, 0.05) is 5.56 Å². The maximum atomic E-state index is 9.97. The third-order valence-electron chi connectivity index (χ3n) is 3.57. The molecule has 1 aromatic carbocycles. The molecule has 108 valence electrons. The van der Waals surface area contributed by atoms with Gasteiger partial charge in [0.15, 0.2) is 5.11 Å². The van der Waals surface area contributed by atoms with Crippen molar-refractivity contribution in [3.8, 4) is 5.75 Å². The Morgan fingerprint density at radius 3 is 2.75 bits per heavy atom. The molecule has 0 atom stereocenters. The van der Waals surface area contributed by atoms with Crippen LogP contribution in [0.15, 0.2) is 17.2 Å². The van der Waals surface area contributed by atoms with Gasteiger partial charge in [0.1, 0.15) is 5.75 Å². The Labute approximate surface area is 129 Å². The Balaban J connectivity index is 2.24. The summed E-state index contributed by atoms with van der Waals surface area (Å²) in [6.07, 6.45) is 7.61. The van der Waals surface area contributed by atoms with Crippen LogP contribution in [-0.2, 0) is 0 Å². The van der Waals surface area contributed by atoms with Crippen molar-refractivity contribution in [1.29, 1.82) is 0 Å². The predicted molar refractivity (Wildman–Crippen MR) is 86.5 cm³/mol. The summed E-state index contributed by atoms with van der Waals surface area (Å²) in [5, 5.41) is 14.3. The second kappa shape index (κ2) is 6.90. The molecule has 0 heterocycles. The molecule has 0 aromatic heterocycles. The fourth-order valence-corrected chi connectivity index (χ4v) is 2.87. The number of phenolic OH excluding ortho intramolecular Hbond substituents is 1. The molecule has 0 spiro atoms. The standard InChI is InChI=1S/C14H18ClN3OS/c15-12-7-10(9-4-2-1-3-5-9)6-11(13(12)19)8-17-18-14(16)20/h6-9,19H,1-5H2,(H3,16,18,20)/b17-8-. The number of thiocarbonyl (C=S) groups is 1. The summed E-state index contributed by atoms with van der Waals surface area (Å²) in [5.74, 6) is 0.539. The molecule has 0 unspecified atom stereocenters. The topological polar surface area (TPSA) is 70.6 Å². The fraction of sp³-hybridized carbons (Fsp3) is 0.429. The van der Waals surface area contributed by atoms with Crippen LogP contribution < -0.4 is 11.2 Å². The van der Waals surface area contributed by atoms with Crippen molar-refractivity contribution in [2.24, 2.45) is 10.8 Å². The Bertz CT molecular complexity index is 527. The first kappa shape index (κ1) is 15.1.